The fraction of sp³-hybridized carbons (Fsp3) is 0.304. The Morgan fingerprint density at radius 2 is 1.91 bits per heavy atom. The molecular weight excluding hydrogens is 469 g/mol. The van der Waals surface area contributed by atoms with E-state index in [0.717, 1.165) is 16.4 Å². The Morgan fingerprint density at radius 1 is 1.15 bits per heavy atom. The Bertz CT molecular complexity index is 1360. The summed E-state index contributed by atoms with van der Waals surface area (Å²) in [5.74, 6) is -0.223. The summed E-state index contributed by atoms with van der Waals surface area (Å²) in [6, 6.07) is 5.44. The highest BCUT2D eigenvalue weighted by Crippen LogP contribution is 2.34. The molecule has 0 unspecified atom stereocenters. The van der Waals surface area contributed by atoms with Gasteiger partial charge in [0.25, 0.3) is 0 Å². The van der Waals surface area contributed by atoms with Gasteiger partial charge in [-0.1, -0.05) is 31.5 Å². The number of alkyl halides is 3. The second-order valence-corrected chi connectivity index (χ2v) is 8.69. The number of Topliss-reactive ketones (excluding diaryl/α,β-unsaturated/α-hetero) is 1. The maximum absolute atomic E-state index is 13.8. The van der Waals surface area contributed by atoms with Crippen molar-refractivity contribution in [2.45, 2.75) is 45.3 Å². The molecule has 0 amide bonds. The zero-order valence-electron chi connectivity index (χ0n) is 18.5. The molecule has 4 aromatic rings. The van der Waals surface area contributed by atoms with Crippen molar-refractivity contribution in [3.63, 3.8) is 0 Å². The third kappa shape index (κ3) is 4.83. The summed E-state index contributed by atoms with van der Waals surface area (Å²) in [5.41, 5.74) is 7.41. The number of ketones is 1. The summed E-state index contributed by atoms with van der Waals surface area (Å²) in [7, 11) is 0. The van der Waals surface area contributed by atoms with Crippen molar-refractivity contribution in [3.05, 3.63) is 76.0 Å². The molecule has 0 fully saturated rings. The Balaban J connectivity index is 1.62. The van der Waals surface area contributed by atoms with E-state index in [4.69, 9.17) is 17.3 Å². The molecule has 0 saturated heterocycles. The lowest BCUT2D eigenvalue weighted by atomic mass is 9.97. The number of nitrogens with two attached hydrogens (primary N) is 1. The van der Waals surface area contributed by atoms with Crippen molar-refractivity contribution < 1.29 is 18.0 Å². The molecule has 0 aliphatic heterocycles. The summed E-state index contributed by atoms with van der Waals surface area (Å²) >= 11 is 6.00. The lowest BCUT2D eigenvalue weighted by molar-refractivity contribution is -0.137. The Hall–Kier alpha value is -3.24. The molecule has 11 heteroatoms. The lowest BCUT2D eigenvalue weighted by Gasteiger charge is -2.15. The van der Waals surface area contributed by atoms with Gasteiger partial charge >= 0.3 is 6.18 Å². The molecule has 3 heterocycles. The van der Waals surface area contributed by atoms with Crippen molar-refractivity contribution in [1.82, 2.24) is 24.4 Å². The first-order valence-corrected chi connectivity index (χ1v) is 10.9. The summed E-state index contributed by atoms with van der Waals surface area (Å²) in [4.78, 5) is 17.2. The number of benzene rings is 1. The van der Waals surface area contributed by atoms with E-state index < -0.39 is 11.7 Å². The molecule has 4 rings (SSSR count). The van der Waals surface area contributed by atoms with Gasteiger partial charge in [0.1, 0.15) is 5.78 Å². The lowest BCUT2D eigenvalue weighted by Crippen LogP contribution is -2.15. The number of fused-ring (bicyclic) bond motifs is 1. The minimum Gasteiger partial charge on any atom is -0.326 e. The van der Waals surface area contributed by atoms with E-state index in [0.29, 0.717) is 16.8 Å². The molecule has 0 bridgehead atoms. The maximum Gasteiger partial charge on any atom is 0.418 e. The fourth-order valence-electron chi connectivity index (χ4n) is 3.93. The SMILES string of the molecule is CC(C)c1c(CC(=O)Cc2ccc(-n3cc(CN)cn3)c(C(F)(F)F)c2)cnc2cc(Cl)nn12. The summed E-state index contributed by atoms with van der Waals surface area (Å²) in [6.07, 6.45) is -0.309. The van der Waals surface area contributed by atoms with Gasteiger partial charge in [0.2, 0.25) is 0 Å². The number of aromatic nitrogens is 5. The molecular formula is C23H22ClF3N6O. The minimum absolute atomic E-state index is 0.00997. The first kappa shape index (κ1) is 23.9. The van der Waals surface area contributed by atoms with Gasteiger partial charge in [-0.2, -0.15) is 23.4 Å². The number of halogens is 4. The van der Waals surface area contributed by atoms with Crippen LogP contribution in [0.3, 0.4) is 0 Å². The van der Waals surface area contributed by atoms with Gasteiger partial charge in [0.05, 0.1) is 23.1 Å². The van der Waals surface area contributed by atoms with Gasteiger partial charge in [-0.25, -0.2) is 14.2 Å². The monoisotopic (exact) mass is 490 g/mol. The van der Waals surface area contributed by atoms with E-state index in [1.54, 1.807) is 16.8 Å². The summed E-state index contributed by atoms with van der Waals surface area (Å²) in [6.45, 7) is 4.08. The predicted octanol–water partition coefficient (Wildman–Crippen LogP) is 4.52. The van der Waals surface area contributed by atoms with Crippen LogP contribution < -0.4 is 5.73 Å². The number of hydrogen-bond acceptors (Lipinski definition) is 5. The van der Waals surface area contributed by atoms with E-state index in [1.807, 2.05) is 13.8 Å². The van der Waals surface area contributed by atoms with Crippen molar-refractivity contribution in [1.29, 1.82) is 0 Å². The Labute approximate surface area is 198 Å². The highest BCUT2D eigenvalue weighted by Gasteiger charge is 2.34. The zero-order chi connectivity index (χ0) is 24.6. The Kier molecular flexibility index (Phi) is 6.46. The number of rotatable bonds is 7. The van der Waals surface area contributed by atoms with Crippen molar-refractivity contribution in [2.24, 2.45) is 5.73 Å². The first-order chi connectivity index (χ1) is 16.1. The molecule has 0 atom stereocenters. The van der Waals surface area contributed by atoms with Crippen LogP contribution in [0.1, 0.15) is 47.7 Å². The maximum atomic E-state index is 13.8. The normalized spacial score (nSPS) is 12.1. The predicted molar refractivity (Wildman–Crippen MR) is 121 cm³/mol. The third-order valence-electron chi connectivity index (χ3n) is 5.39. The van der Waals surface area contributed by atoms with E-state index in [-0.39, 0.29) is 47.5 Å². The summed E-state index contributed by atoms with van der Waals surface area (Å²) in [5, 5.41) is 8.50. The molecule has 178 valence electrons. The first-order valence-electron chi connectivity index (χ1n) is 10.6. The highest BCUT2D eigenvalue weighted by molar-refractivity contribution is 6.29. The molecule has 3 aromatic heterocycles. The molecule has 0 aliphatic carbocycles. The molecule has 0 saturated carbocycles. The van der Waals surface area contributed by atoms with Crippen LogP contribution in [0, 0.1) is 0 Å². The van der Waals surface area contributed by atoms with Gasteiger partial charge in [-0.3, -0.25) is 4.79 Å². The van der Waals surface area contributed by atoms with E-state index >= 15 is 0 Å². The third-order valence-corrected chi connectivity index (χ3v) is 5.58. The highest BCUT2D eigenvalue weighted by atomic mass is 35.5. The smallest absolute Gasteiger partial charge is 0.326 e. The molecule has 2 N–H and O–H groups in total. The van der Waals surface area contributed by atoms with Gasteiger partial charge < -0.3 is 5.73 Å². The molecule has 0 aliphatic rings. The number of carbonyl (C=O) groups excluding carboxylic acids is 1. The van der Waals surface area contributed by atoms with Crippen LogP contribution in [0.4, 0.5) is 13.2 Å². The van der Waals surface area contributed by atoms with Gasteiger partial charge in [0, 0.05) is 43.4 Å². The van der Waals surface area contributed by atoms with Gasteiger partial charge in [-0.15, -0.1) is 0 Å². The largest absolute Gasteiger partial charge is 0.418 e. The minimum atomic E-state index is -4.62. The van der Waals surface area contributed by atoms with Gasteiger partial charge in [0.15, 0.2) is 10.8 Å². The van der Waals surface area contributed by atoms with Gasteiger partial charge in [-0.05, 0) is 29.2 Å². The number of nitrogens with zero attached hydrogens (tertiary/aromatic N) is 5. The van der Waals surface area contributed by atoms with Crippen molar-refractivity contribution >= 4 is 23.0 Å². The standard InChI is InChI=1S/C23H22ClF3N6O/c1-13(2)22-16(11-29-21-8-20(24)31-33(21)22)7-17(34)5-14-3-4-19(18(6-14)23(25,26)27)32-12-15(9-28)10-30-32/h3-4,6,8,10-13H,5,7,9,28H2,1-2H3. The Morgan fingerprint density at radius 3 is 2.56 bits per heavy atom. The van der Waals surface area contributed by atoms with Crippen molar-refractivity contribution in [3.8, 4) is 5.69 Å². The van der Waals surface area contributed by atoms with Crippen LogP contribution in [-0.4, -0.2) is 30.2 Å². The molecule has 1 aromatic carbocycles. The fourth-order valence-corrected chi connectivity index (χ4v) is 4.10. The van der Waals surface area contributed by atoms with Crippen LogP contribution in [0.25, 0.3) is 11.3 Å². The van der Waals surface area contributed by atoms with Crippen molar-refractivity contribution in [2.75, 3.05) is 0 Å². The average molecular weight is 491 g/mol. The topological polar surface area (TPSA) is 91.1 Å². The van der Waals surface area contributed by atoms with Crippen LogP contribution in [0.2, 0.25) is 5.15 Å². The van der Waals surface area contributed by atoms with Crippen LogP contribution in [0.15, 0.2) is 42.9 Å². The summed E-state index contributed by atoms with van der Waals surface area (Å²) < 4.78 is 44.1. The number of carbonyl (C=O) groups is 1. The second kappa shape index (κ2) is 9.19. The number of hydrogen-bond donors (Lipinski definition) is 1. The quantitative estimate of drug-likeness (QED) is 0.411. The van der Waals surface area contributed by atoms with Crippen LogP contribution in [-0.2, 0) is 30.4 Å². The van der Waals surface area contributed by atoms with Crippen LogP contribution in [0.5, 0.6) is 0 Å². The molecule has 7 nitrogen and oxygen atoms in total. The average Bonchev–Trinajstić information content (AvgIpc) is 3.38. The van der Waals surface area contributed by atoms with E-state index in [9.17, 15) is 18.0 Å². The van der Waals surface area contributed by atoms with E-state index in [1.165, 1.54) is 24.5 Å². The molecule has 0 spiro atoms. The van der Waals surface area contributed by atoms with E-state index in [2.05, 4.69) is 15.2 Å². The van der Waals surface area contributed by atoms with Crippen LogP contribution >= 0.6 is 11.6 Å². The molecule has 0 radical (unpaired) electrons. The second-order valence-electron chi connectivity index (χ2n) is 8.30. The zero-order valence-corrected chi connectivity index (χ0v) is 19.2. The molecule has 34 heavy (non-hydrogen) atoms.